The van der Waals surface area contributed by atoms with E-state index in [2.05, 4.69) is 5.32 Å². The molecular formula is C15H19NO3S. The smallest absolute Gasteiger partial charge is 0.330 e. The number of nitrogens with one attached hydrogen (secondary N) is 1. The van der Waals surface area contributed by atoms with Crippen molar-refractivity contribution in [1.29, 1.82) is 0 Å². The lowest BCUT2D eigenvalue weighted by Crippen LogP contribution is -2.54. The number of carbonyl (C=O) groups excluding carboxylic acids is 1. The van der Waals surface area contributed by atoms with Gasteiger partial charge in [0.05, 0.1) is 0 Å². The molecule has 0 aromatic heterocycles. The summed E-state index contributed by atoms with van der Waals surface area (Å²) in [6, 6.07) is 9.98. The van der Waals surface area contributed by atoms with E-state index >= 15 is 0 Å². The molecule has 0 radical (unpaired) electrons. The second-order valence-electron chi connectivity index (χ2n) is 5.08. The van der Waals surface area contributed by atoms with Crippen LogP contribution in [0.3, 0.4) is 0 Å². The van der Waals surface area contributed by atoms with Crippen molar-refractivity contribution in [3.05, 3.63) is 35.9 Å². The zero-order valence-corrected chi connectivity index (χ0v) is 12.1. The number of hydrogen-bond acceptors (Lipinski definition) is 3. The van der Waals surface area contributed by atoms with E-state index < -0.39 is 11.5 Å². The third kappa shape index (κ3) is 3.76. The van der Waals surface area contributed by atoms with Gasteiger partial charge in [0, 0.05) is 12.2 Å². The third-order valence-corrected chi connectivity index (χ3v) is 4.71. The molecule has 1 aliphatic rings. The average Bonchev–Trinajstić information content (AvgIpc) is 2.90. The van der Waals surface area contributed by atoms with Gasteiger partial charge in [-0.15, -0.1) is 0 Å². The van der Waals surface area contributed by atoms with Gasteiger partial charge in [0.2, 0.25) is 5.91 Å². The van der Waals surface area contributed by atoms with Crippen LogP contribution in [0, 0.1) is 0 Å². The van der Waals surface area contributed by atoms with Gasteiger partial charge in [-0.2, -0.15) is 11.8 Å². The normalized spacial score (nSPS) is 21.6. The highest BCUT2D eigenvalue weighted by atomic mass is 32.2. The first kappa shape index (κ1) is 14.9. The highest BCUT2D eigenvalue weighted by Gasteiger charge is 2.42. The number of aliphatic carboxylic acids is 1. The van der Waals surface area contributed by atoms with Crippen LogP contribution >= 0.6 is 11.8 Å². The zero-order chi connectivity index (χ0) is 14.4. The Bertz CT molecular complexity index is 469. The molecule has 0 saturated carbocycles. The number of carboxylic acids is 1. The predicted molar refractivity (Wildman–Crippen MR) is 79.8 cm³/mol. The van der Waals surface area contributed by atoms with Crippen LogP contribution in [0.25, 0.3) is 0 Å². The van der Waals surface area contributed by atoms with E-state index in [0.717, 1.165) is 18.6 Å². The fraction of sp³-hybridized carbons (Fsp3) is 0.467. The molecule has 1 saturated heterocycles. The molecule has 20 heavy (non-hydrogen) atoms. The molecule has 1 aromatic carbocycles. The van der Waals surface area contributed by atoms with Crippen molar-refractivity contribution < 1.29 is 14.7 Å². The molecule has 1 amide bonds. The fourth-order valence-corrected chi connectivity index (χ4v) is 3.64. The second kappa shape index (κ2) is 6.79. The zero-order valence-electron chi connectivity index (χ0n) is 11.3. The lowest BCUT2D eigenvalue weighted by molar-refractivity contribution is -0.146. The first-order valence-electron chi connectivity index (χ1n) is 6.78. The number of carbonyl (C=O) groups is 2. The molecule has 4 nitrogen and oxygen atoms in total. The Labute approximate surface area is 123 Å². The van der Waals surface area contributed by atoms with Crippen molar-refractivity contribution in [3.63, 3.8) is 0 Å². The lowest BCUT2D eigenvalue weighted by Gasteiger charge is -2.24. The molecule has 1 fully saturated rings. The van der Waals surface area contributed by atoms with Crippen LogP contribution in [0.5, 0.6) is 0 Å². The van der Waals surface area contributed by atoms with Crippen molar-refractivity contribution in [2.24, 2.45) is 0 Å². The van der Waals surface area contributed by atoms with Crippen LogP contribution in [0.2, 0.25) is 0 Å². The van der Waals surface area contributed by atoms with Gasteiger partial charge in [-0.25, -0.2) is 4.79 Å². The van der Waals surface area contributed by atoms with Crippen molar-refractivity contribution in [3.8, 4) is 0 Å². The molecule has 1 unspecified atom stereocenters. The number of amides is 1. The Morgan fingerprint density at radius 2 is 2.05 bits per heavy atom. The number of aryl methyl sites for hydroxylation is 1. The largest absolute Gasteiger partial charge is 0.479 e. The van der Waals surface area contributed by atoms with Gasteiger partial charge in [-0.05, 0) is 30.6 Å². The monoisotopic (exact) mass is 293 g/mol. The number of carboxylic acid groups (broad SMARTS) is 1. The fourth-order valence-electron chi connectivity index (χ4n) is 2.31. The molecule has 108 valence electrons. The van der Waals surface area contributed by atoms with Gasteiger partial charge in [-0.3, -0.25) is 4.79 Å². The molecule has 2 N–H and O–H groups in total. The summed E-state index contributed by atoms with van der Waals surface area (Å²) in [4.78, 5) is 23.2. The minimum Gasteiger partial charge on any atom is -0.479 e. The van der Waals surface area contributed by atoms with Gasteiger partial charge in [0.25, 0.3) is 0 Å². The Kier molecular flexibility index (Phi) is 5.06. The van der Waals surface area contributed by atoms with Gasteiger partial charge in [0.15, 0.2) is 0 Å². The van der Waals surface area contributed by atoms with Crippen molar-refractivity contribution >= 4 is 23.6 Å². The molecule has 1 aromatic rings. The molecule has 1 aliphatic heterocycles. The number of thioether (sulfide) groups is 1. The summed E-state index contributed by atoms with van der Waals surface area (Å²) in [6.07, 6.45) is 2.45. The molecular weight excluding hydrogens is 274 g/mol. The van der Waals surface area contributed by atoms with Gasteiger partial charge in [-0.1, -0.05) is 30.3 Å². The minimum absolute atomic E-state index is 0.161. The van der Waals surface area contributed by atoms with Crippen LogP contribution < -0.4 is 5.32 Å². The Balaban J connectivity index is 1.79. The van der Waals surface area contributed by atoms with Crippen LogP contribution in [0.15, 0.2) is 30.3 Å². The van der Waals surface area contributed by atoms with Crippen LogP contribution in [0.1, 0.15) is 24.8 Å². The Morgan fingerprint density at radius 1 is 1.30 bits per heavy atom. The summed E-state index contributed by atoms with van der Waals surface area (Å²) in [7, 11) is 0. The summed E-state index contributed by atoms with van der Waals surface area (Å²) < 4.78 is 0. The van der Waals surface area contributed by atoms with Gasteiger partial charge < -0.3 is 10.4 Å². The van der Waals surface area contributed by atoms with E-state index in [0.29, 0.717) is 18.6 Å². The van der Waals surface area contributed by atoms with Crippen LogP contribution in [-0.4, -0.2) is 34.0 Å². The quantitative estimate of drug-likeness (QED) is 0.843. The van der Waals surface area contributed by atoms with Crippen LogP contribution in [-0.2, 0) is 16.0 Å². The third-order valence-electron chi connectivity index (χ3n) is 3.52. The van der Waals surface area contributed by atoms with E-state index in [-0.39, 0.29) is 5.91 Å². The molecule has 0 aliphatic carbocycles. The first-order chi connectivity index (χ1) is 9.62. The Morgan fingerprint density at radius 3 is 2.65 bits per heavy atom. The summed E-state index contributed by atoms with van der Waals surface area (Å²) in [6.45, 7) is 0. The van der Waals surface area contributed by atoms with E-state index in [4.69, 9.17) is 0 Å². The maximum atomic E-state index is 11.9. The molecule has 0 bridgehead atoms. The molecule has 2 rings (SSSR count). The predicted octanol–water partition coefficient (Wildman–Crippen LogP) is 2.09. The number of benzene rings is 1. The summed E-state index contributed by atoms with van der Waals surface area (Å²) in [5, 5.41) is 12.0. The van der Waals surface area contributed by atoms with E-state index in [1.165, 1.54) is 5.56 Å². The highest BCUT2D eigenvalue weighted by molar-refractivity contribution is 7.99. The lowest BCUT2D eigenvalue weighted by atomic mass is 9.98. The number of hydrogen-bond donors (Lipinski definition) is 2. The maximum Gasteiger partial charge on any atom is 0.330 e. The topological polar surface area (TPSA) is 66.4 Å². The minimum atomic E-state index is -1.05. The van der Waals surface area contributed by atoms with Gasteiger partial charge in [0.1, 0.15) is 5.54 Å². The van der Waals surface area contributed by atoms with Crippen LogP contribution in [0.4, 0.5) is 0 Å². The van der Waals surface area contributed by atoms with E-state index in [1.807, 2.05) is 30.3 Å². The maximum absolute atomic E-state index is 11.9. The van der Waals surface area contributed by atoms with E-state index in [9.17, 15) is 14.7 Å². The summed E-state index contributed by atoms with van der Waals surface area (Å²) >= 11 is 1.58. The molecule has 0 spiro atoms. The highest BCUT2D eigenvalue weighted by Crippen LogP contribution is 2.28. The molecule has 5 heteroatoms. The summed E-state index contributed by atoms with van der Waals surface area (Å²) in [5.41, 5.74) is 0.152. The second-order valence-corrected chi connectivity index (χ2v) is 6.18. The first-order valence-corrected chi connectivity index (χ1v) is 7.94. The summed E-state index contributed by atoms with van der Waals surface area (Å²) in [5.74, 6) is 0.174. The average molecular weight is 293 g/mol. The van der Waals surface area contributed by atoms with Crippen molar-refractivity contribution in [2.45, 2.75) is 31.2 Å². The van der Waals surface area contributed by atoms with Crippen molar-refractivity contribution in [1.82, 2.24) is 5.32 Å². The Hall–Kier alpha value is -1.49. The number of rotatable bonds is 6. The van der Waals surface area contributed by atoms with E-state index in [1.54, 1.807) is 11.8 Å². The molecule has 1 heterocycles. The SMILES string of the molecule is O=C(CCCc1ccccc1)NC1(C(=O)O)CCSC1. The molecule has 1 atom stereocenters. The van der Waals surface area contributed by atoms with Crippen molar-refractivity contribution in [2.75, 3.05) is 11.5 Å². The standard InChI is InChI=1S/C15H19NO3S/c17-13(8-4-7-12-5-2-1-3-6-12)16-15(14(18)19)9-10-20-11-15/h1-3,5-6H,4,7-11H2,(H,16,17)(H,18,19). The van der Waals surface area contributed by atoms with Gasteiger partial charge >= 0.3 is 5.97 Å².